The zero-order valence-electron chi connectivity index (χ0n) is 19.2. The van der Waals surface area contributed by atoms with E-state index < -0.39 is 12.1 Å². The van der Waals surface area contributed by atoms with Crippen molar-refractivity contribution >= 4 is 18.0 Å². The molecule has 0 heterocycles. The van der Waals surface area contributed by atoms with Crippen molar-refractivity contribution in [2.24, 2.45) is 11.8 Å². The summed E-state index contributed by atoms with van der Waals surface area (Å²) in [5, 5.41) is 14.5. The fourth-order valence-electron chi connectivity index (χ4n) is 4.79. The maximum Gasteiger partial charge on any atom is 0.407 e. The Bertz CT molecular complexity index is 1050. The second kappa shape index (κ2) is 10.5. The molecule has 0 aromatic heterocycles. The topological polar surface area (TPSA) is 105 Å². The molecule has 7 nitrogen and oxygen atoms in total. The Morgan fingerprint density at radius 2 is 1.71 bits per heavy atom. The lowest BCUT2D eigenvalue weighted by Crippen LogP contribution is -2.41. The molecular weight excluding hydrogens is 432 g/mol. The van der Waals surface area contributed by atoms with Crippen molar-refractivity contribution < 1.29 is 24.2 Å². The van der Waals surface area contributed by atoms with E-state index in [-0.39, 0.29) is 42.7 Å². The maximum absolute atomic E-state index is 12.6. The normalized spacial score (nSPS) is 19.6. The molecule has 2 aliphatic rings. The second-order valence-electron chi connectivity index (χ2n) is 9.12. The molecule has 0 aliphatic heterocycles. The van der Waals surface area contributed by atoms with Gasteiger partial charge >= 0.3 is 12.1 Å². The van der Waals surface area contributed by atoms with Crippen molar-refractivity contribution in [3.63, 3.8) is 0 Å². The van der Waals surface area contributed by atoms with E-state index in [1.165, 1.54) is 11.1 Å². The summed E-state index contributed by atoms with van der Waals surface area (Å²) < 4.78 is 5.61. The highest BCUT2D eigenvalue weighted by molar-refractivity contribution is 5.80. The average Bonchev–Trinajstić information content (AvgIpc) is 3.15. The van der Waals surface area contributed by atoms with Crippen LogP contribution in [-0.2, 0) is 14.3 Å². The number of carbonyl (C=O) groups is 3. The summed E-state index contributed by atoms with van der Waals surface area (Å²) >= 11 is 0. The molecule has 2 aliphatic carbocycles. The highest BCUT2D eigenvalue weighted by Crippen LogP contribution is 2.44. The molecule has 3 atom stereocenters. The van der Waals surface area contributed by atoms with Crippen LogP contribution in [0.3, 0.4) is 0 Å². The number of hydrogen-bond acceptors (Lipinski definition) is 4. The molecule has 3 N–H and O–H groups in total. The first-order valence-electron chi connectivity index (χ1n) is 11.7. The summed E-state index contributed by atoms with van der Waals surface area (Å²) in [6.07, 6.45) is 4.34. The molecule has 2 aromatic carbocycles. The number of aliphatic carboxylic acids is 1. The van der Waals surface area contributed by atoms with Crippen molar-refractivity contribution in [3.8, 4) is 11.1 Å². The number of rotatable bonds is 8. The standard InChI is InChI=1S/C27H30N2O5/c1-17(13-25(30)31)15-28-26(32)18-7-6-8-19(14-18)29-27(33)34-16-24-22-11-4-2-9-20(22)21-10-3-5-12-23(21)24/h2-6,8-12,17-19,24H,7,13-16H2,1H3,(H,28,32)(H,29,33)(H,30,31). The molecule has 34 heavy (non-hydrogen) atoms. The van der Waals surface area contributed by atoms with Gasteiger partial charge in [-0.25, -0.2) is 4.79 Å². The smallest absolute Gasteiger partial charge is 0.407 e. The number of benzene rings is 2. The van der Waals surface area contributed by atoms with Gasteiger partial charge in [-0.1, -0.05) is 67.6 Å². The summed E-state index contributed by atoms with van der Waals surface area (Å²) in [6.45, 7) is 2.34. The Kier molecular flexibility index (Phi) is 7.30. The van der Waals surface area contributed by atoms with Crippen LogP contribution in [0.2, 0.25) is 0 Å². The molecule has 4 rings (SSSR count). The number of allylic oxidation sites excluding steroid dienone is 1. The molecule has 0 bridgehead atoms. The summed E-state index contributed by atoms with van der Waals surface area (Å²) in [5.41, 5.74) is 4.66. The zero-order chi connectivity index (χ0) is 24.1. The number of carboxylic acid groups (broad SMARTS) is 1. The summed E-state index contributed by atoms with van der Waals surface area (Å²) in [5.74, 6) is -1.43. The predicted octanol–water partition coefficient (Wildman–Crippen LogP) is 4.09. The van der Waals surface area contributed by atoms with E-state index >= 15 is 0 Å². The lowest BCUT2D eigenvalue weighted by molar-refractivity contribution is -0.138. The van der Waals surface area contributed by atoms with Crippen LogP contribution in [-0.4, -0.2) is 42.3 Å². The molecule has 0 fully saturated rings. The Morgan fingerprint density at radius 1 is 1.06 bits per heavy atom. The lowest BCUT2D eigenvalue weighted by atomic mass is 9.90. The van der Waals surface area contributed by atoms with Crippen molar-refractivity contribution in [3.05, 3.63) is 71.8 Å². The third-order valence-corrected chi connectivity index (χ3v) is 6.49. The van der Waals surface area contributed by atoms with Gasteiger partial charge in [-0.05, 0) is 41.0 Å². The Labute approximate surface area is 199 Å². The van der Waals surface area contributed by atoms with Gasteiger partial charge in [0.05, 0.1) is 6.04 Å². The van der Waals surface area contributed by atoms with Crippen LogP contribution in [0.5, 0.6) is 0 Å². The van der Waals surface area contributed by atoms with Crippen molar-refractivity contribution in [1.82, 2.24) is 10.6 Å². The van der Waals surface area contributed by atoms with Crippen LogP contribution in [0.4, 0.5) is 4.79 Å². The molecule has 0 radical (unpaired) electrons. The van der Waals surface area contributed by atoms with Gasteiger partial charge in [0.2, 0.25) is 5.91 Å². The van der Waals surface area contributed by atoms with Gasteiger partial charge in [-0.2, -0.15) is 0 Å². The van der Waals surface area contributed by atoms with E-state index in [0.717, 1.165) is 11.1 Å². The van der Waals surface area contributed by atoms with Crippen LogP contribution >= 0.6 is 0 Å². The van der Waals surface area contributed by atoms with Gasteiger partial charge in [-0.3, -0.25) is 9.59 Å². The first kappa shape index (κ1) is 23.5. The number of hydrogen-bond donors (Lipinski definition) is 3. The first-order chi connectivity index (χ1) is 16.4. The number of carboxylic acids is 1. The summed E-state index contributed by atoms with van der Waals surface area (Å²) in [7, 11) is 0. The van der Waals surface area contributed by atoms with Crippen LogP contribution in [0.15, 0.2) is 60.7 Å². The van der Waals surface area contributed by atoms with Gasteiger partial charge < -0.3 is 20.5 Å². The Balaban J connectivity index is 1.28. The van der Waals surface area contributed by atoms with Gasteiger partial charge in [0.15, 0.2) is 0 Å². The highest BCUT2D eigenvalue weighted by atomic mass is 16.5. The molecular formula is C27H30N2O5. The van der Waals surface area contributed by atoms with Gasteiger partial charge in [-0.15, -0.1) is 0 Å². The predicted molar refractivity (Wildman–Crippen MR) is 128 cm³/mol. The molecule has 0 spiro atoms. The third-order valence-electron chi connectivity index (χ3n) is 6.49. The molecule has 0 saturated carbocycles. The fraction of sp³-hybridized carbons (Fsp3) is 0.370. The number of fused-ring (bicyclic) bond motifs is 3. The van der Waals surface area contributed by atoms with E-state index in [9.17, 15) is 14.4 Å². The molecule has 2 aromatic rings. The van der Waals surface area contributed by atoms with E-state index in [1.807, 2.05) is 36.4 Å². The quantitative estimate of drug-likeness (QED) is 0.513. The van der Waals surface area contributed by atoms with Crippen molar-refractivity contribution in [1.29, 1.82) is 0 Å². The largest absolute Gasteiger partial charge is 0.481 e. The number of carbonyl (C=O) groups excluding carboxylic acids is 2. The lowest BCUT2D eigenvalue weighted by Gasteiger charge is -2.25. The van der Waals surface area contributed by atoms with Gasteiger partial charge in [0, 0.05) is 24.8 Å². The molecule has 7 heteroatoms. The second-order valence-corrected chi connectivity index (χ2v) is 9.12. The average molecular weight is 463 g/mol. The minimum Gasteiger partial charge on any atom is -0.481 e. The number of ether oxygens (including phenoxy) is 1. The molecule has 2 amide bonds. The SMILES string of the molecule is CC(CNC(=O)C1CC=CC(NC(=O)OCC2c3ccccc3-c3ccccc32)C1)CC(=O)O. The van der Waals surface area contributed by atoms with E-state index in [2.05, 4.69) is 34.9 Å². The minimum atomic E-state index is -0.880. The zero-order valence-corrected chi connectivity index (χ0v) is 19.2. The summed E-state index contributed by atoms with van der Waals surface area (Å²) in [6, 6.07) is 16.1. The number of alkyl carbamates (subject to hydrolysis) is 1. The third kappa shape index (κ3) is 5.47. The monoisotopic (exact) mass is 462 g/mol. The first-order valence-corrected chi connectivity index (χ1v) is 11.7. The van der Waals surface area contributed by atoms with Crippen LogP contribution in [0.25, 0.3) is 11.1 Å². The highest BCUT2D eigenvalue weighted by Gasteiger charge is 2.30. The van der Waals surface area contributed by atoms with Crippen LogP contribution in [0.1, 0.15) is 43.2 Å². The Morgan fingerprint density at radius 3 is 2.35 bits per heavy atom. The fourth-order valence-corrected chi connectivity index (χ4v) is 4.79. The van der Waals surface area contributed by atoms with E-state index in [4.69, 9.17) is 9.84 Å². The Hall–Kier alpha value is -3.61. The molecule has 178 valence electrons. The van der Waals surface area contributed by atoms with Crippen molar-refractivity contribution in [2.75, 3.05) is 13.2 Å². The van der Waals surface area contributed by atoms with E-state index in [1.54, 1.807) is 6.92 Å². The van der Waals surface area contributed by atoms with Gasteiger partial charge in [0.25, 0.3) is 0 Å². The van der Waals surface area contributed by atoms with Crippen LogP contribution < -0.4 is 10.6 Å². The molecule has 0 saturated heterocycles. The number of amides is 2. The van der Waals surface area contributed by atoms with Gasteiger partial charge in [0.1, 0.15) is 6.61 Å². The maximum atomic E-state index is 12.6. The summed E-state index contributed by atoms with van der Waals surface area (Å²) in [4.78, 5) is 35.9. The number of nitrogens with one attached hydrogen (secondary N) is 2. The molecule has 3 unspecified atom stereocenters. The minimum absolute atomic E-state index is 0.00799. The van der Waals surface area contributed by atoms with Crippen LogP contribution in [0, 0.1) is 11.8 Å². The van der Waals surface area contributed by atoms with Crippen molar-refractivity contribution in [2.45, 2.75) is 38.1 Å². The van der Waals surface area contributed by atoms with E-state index in [0.29, 0.717) is 19.4 Å².